The van der Waals surface area contributed by atoms with Crippen LogP contribution in [0.5, 0.6) is 5.75 Å². The maximum Gasteiger partial charge on any atom is 0.274 e. The van der Waals surface area contributed by atoms with Crippen LogP contribution in [-0.4, -0.2) is 39.5 Å². The lowest BCUT2D eigenvalue weighted by atomic mass is 10.0. The van der Waals surface area contributed by atoms with Crippen LogP contribution in [0.4, 0.5) is 8.78 Å². The molecule has 7 nitrogen and oxygen atoms in total. The summed E-state index contributed by atoms with van der Waals surface area (Å²) in [6.45, 7) is 0.842. The minimum absolute atomic E-state index is 0.0568. The van der Waals surface area contributed by atoms with Gasteiger partial charge < -0.3 is 19.9 Å². The molecule has 3 atom stereocenters. The SMILES string of the molecule is O=C(NCc1ccc(F)cc1F)c1cn2c(c(O)c1=O)C(=O)N1C[C@H]3C[C@H]3C[C@@H]2C1. The Hall–Kier alpha value is -3.23. The van der Waals surface area contributed by atoms with E-state index in [2.05, 4.69) is 5.32 Å². The average molecular weight is 415 g/mol. The molecule has 0 spiro atoms. The van der Waals surface area contributed by atoms with Crippen LogP contribution in [0, 0.1) is 23.5 Å². The molecule has 156 valence electrons. The minimum Gasteiger partial charge on any atom is -0.503 e. The molecule has 3 aliphatic rings. The maximum absolute atomic E-state index is 13.8. The van der Waals surface area contributed by atoms with Gasteiger partial charge in [0, 0.05) is 37.5 Å². The normalized spacial score (nSPS) is 24.0. The summed E-state index contributed by atoms with van der Waals surface area (Å²) in [4.78, 5) is 39.7. The summed E-state index contributed by atoms with van der Waals surface area (Å²) in [7, 11) is 0. The lowest BCUT2D eigenvalue weighted by Gasteiger charge is -2.35. The zero-order valence-electron chi connectivity index (χ0n) is 15.9. The predicted molar refractivity (Wildman–Crippen MR) is 101 cm³/mol. The van der Waals surface area contributed by atoms with E-state index in [1.807, 2.05) is 0 Å². The molecule has 2 amide bonds. The molecule has 5 rings (SSSR count). The van der Waals surface area contributed by atoms with Gasteiger partial charge in [-0.1, -0.05) is 6.07 Å². The fourth-order valence-corrected chi connectivity index (χ4v) is 4.59. The van der Waals surface area contributed by atoms with Crippen LogP contribution in [0.3, 0.4) is 0 Å². The van der Waals surface area contributed by atoms with Gasteiger partial charge in [-0.15, -0.1) is 0 Å². The van der Waals surface area contributed by atoms with Crippen molar-refractivity contribution in [3.63, 3.8) is 0 Å². The third kappa shape index (κ3) is 2.96. The first-order valence-electron chi connectivity index (χ1n) is 9.83. The van der Waals surface area contributed by atoms with E-state index in [1.54, 1.807) is 9.47 Å². The maximum atomic E-state index is 13.8. The molecule has 1 aromatic heterocycles. The van der Waals surface area contributed by atoms with Gasteiger partial charge in [-0.05, 0) is 30.7 Å². The van der Waals surface area contributed by atoms with E-state index < -0.39 is 34.6 Å². The van der Waals surface area contributed by atoms with Gasteiger partial charge >= 0.3 is 0 Å². The van der Waals surface area contributed by atoms with Crippen LogP contribution in [0.2, 0.25) is 0 Å². The van der Waals surface area contributed by atoms with Gasteiger partial charge in [-0.25, -0.2) is 8.78 Å². The van der Waals surface area contributed by atoms with Gasteiger partial charge in [-0.2, -0.15) is 0 Å². The molecule has 2 aliphatic heterocycles. The van der Waals surface area contributed by atoms with E-state index in [4.69, 9.17) is 0 Å². The summed E-state index contributed by atoms with van der Waals surface area (Å²) in [5.41, 5.74) is -1.30. The molecule has 9 heteroatoms. The number of aromatic nitrogens is 1. The first kappa shape index (κ1) is 18.8. The molecule has 1 saturated heterocycles. The standard InChI is InChI=1S/C21H19F2N3O4/c22-13-2-1-10(16(23)5-13)6-24-20(29)15-9-26-14-4-11-3-12(11)7-25(8-14)21(30)17(26)19(28)18(15)27/h1-2,5,9,11-12,14,28H,3-4,6-8H2,(H,24,29)/t11-,12+,14+/m0/s1. The van der Waals surface area contributed by atoms with Crippen LogP contribution in [-0.2, 0) is 6.54 Å². The number of aromatic hydroxyl groups is 1. The summed E-state index contributed by atoms with van der Waals surface area (Å²) in [5, 5.41) is 12.9. The summed E-state index contributed by atoms with van der Waals surface area (Å²) in [5.74, 6) is -2.55. The first-order chi connectivity index (χ1) is 14.3. The Labute approximate surface area is 169 Å². The summed E-state index contributed by atoms with van der Waals surface area (Å²) in [6, 6.07) is 2.85. The van der Waals surface area contributed by atoms with Crippen LogP contribution >= 0.6 is 0 Å². The summed E-state index contributed by atoms with van der Waals surface area (Å²) >= 11 is 0. The third-order valence-corrected chi connectivity index (χ3v) is 6.32. The molecule has 1 saturated carbocycles. The number of nitrogens with zero attached hydrogens (tertiary/aromatic N) is 2. The van der Waals surface area contributed by atoms with Crippen LogP contribution in [0.15, 0.2) is 29.2 Å². The van der Waals surface area contributed by atoms with Crippen molar-refractivity contribution in [2.24, 2.45) is 11.8 Å². The van der Waals surface area contributed by atoms with Crippen molar-refractivity contribution >= 4 is 11.8 Å². The third-order valence-electron chi connectivity index (χ3n) is 6.32. The molecule has 30 heavy (non-hydrogen) atoms. The number of amides is 2. The Kier molecular flexibility index (Phi) is 4.16. The lowest BCUT2D eigenvalue weighted by molar-refractivity contribution is 0.0663. The van der Waals surface area contributed by atoms with E-state index in [0.29, 0.717) is 31.0 Å². The first-order valence-corrected chi connectivity index (χ1v) is 9.83. The number of carbonyl (C=O) groups is 2. The second kappa shape index (κ2) is 6.65. The van der Waals surface area contributed by atoms with Crippen LogP contribution < -0.4 is 10.7 Å². The van der Waals surface area contributed by atoms with Crippen molar-refractivity contribution in [2.75, 3.05) is 13.1 Å². The number of nitrogens with one attached hydrogen (secondary N) is 1. The Morgan fingerprint density at radius 1 is 1.17 bits per heavy atom. The number of pyridine rings is 1. The molecular weight excluding hydrogens is 396 g/mol. The van der Waals surface area contributed by atoms with E-state index in [9.17, 15) is 28.3 Å². The van der Waals surface area contributed by atoms with E-state index in [1.165, 1.54) is 12.3 Å². The second-order valence-corrected chi connectivity index (χ2v) is 8.25. The number of rotatable bonds is 3. The predicted octanol–water partition coefficient (Wildman–Crippen LogP) is 1.80. The van der Waals surface area contributed by atoms with Gasteiger partial charge in [0.2, 0.25) is 5.43 Å². The molecule has 1 aliphatic carbocycles. The van der Waals surface area contributed by atoms with Gasteiger partial charge in [0.25, 0.3) is 11.8 Å². The van der Waals surface area contributed by atoms with Gasteiger partial charge in [0.1, 0.15) is 17.2 Å². The lowest BCUT2D eigenvalue weighted by Crippen LogP contribution is -2.45. The van der Waals surface area contributed by atoms with Crippen LogP contribution in [0.25, 0.3) is 0 Å². The highest BCUT2D eigenvalue weighted by Gasteiger charge is 2.47. The molecule has 0 radical (unpaired) electrons. The molecule has 2 bridgehead atoms. The quantitative estimate of drug-likeness (QED) is 0.800. The summed E-state index contributed by atoms with van der Waals surface area (Å²) < 4.78 is 28.4. The number of benzene rings is 1. The zero-order valence-corrected chi connectivity index (χ0v) is 15.9. The highest BCUT2D eigenvalue weighted by molar-refractivity contribution is 5.99. The Balaban J connectivity index is 1.46. The minimum atomic E-state index is -0.948. The summed E-state index contributed by atoms with van der Waals surface area (Å²) in [6.07, 6.45) is 3.18. The van der Waals surface area contributed by atoms with E-state index >= 15 is 0 Å². The zero-order chi connectivity index (χ0) is 21.2. The van der Waals surface area contributed by atoms with Crippen molar-refractivity contribution in [3.05, 3.63) is 63.1 Å². The smallest absolute Gasteiger partial charge is 0.274 e. The van der Waals surface area contributed by atoms with Gasteiger partial charge in [-0.3, -0.25) is 14.4 Å². The molecule has 0 unspecified atom stereocenters. The fraction of sp³-hybridized carbons (Fsp3) is 0.381. The molecule has 2 aromatic rings. The average Bonchev–Trinajstić information content (AvgIpc) is 3.44. The monoisotopic (exact) mass is 415 g/mol. The largest absolute Gasteiger partial charge is 0.503 e. The number of fused-ring (bicyclic) bond motifs is 5. The van der Waals surface area contributed by atoms with Gasteiger partial charge in [0.15, 0.2) is 11.4 Å². The Bertz CT molecular complexity index is 1150. The fourth-order valence-electron chi connectivity index (χ4n) is 4.59. The molecule has 3 heterocycles. The highest BCUT2D eigenvalue weighted by Crippen LogP contribution is 2.49. The molecular formula is C21H19F2N3O4. The molecule has 1 aromatic carbocycles. The second-order valence-electron chi connectivity index (χ2n) is 8.25. The van der Waals surface area contributed by atoms with E-state index in [0.717, 1.165) is 18.9 Å². The Morgan fingerprint density at radius 3 is 2.73 bits per heavy atom. The number of halogens is 2. The number of carbonyl (C=O) groups excluding carboxylic acids is 2. The van der Waals surface area contributed by atoms with Gasteiger partial charge in [0.05, 0.1) is 6.04 Å². The Morgan fingerprint density at radius 2 is 1.97 bits per heavy atom. The van der Waals surface area contributed by atoms with Crippen molar-refractivity contribution in [2.45, 2.75) is 25.4 Å². The van der Waals surface area contributed by atoms with Crippen molar-refractivity contribution in [3.8, 4) is 5.75 Å². The highest BCUT2D eigenvalue weighted by atomic mass is 19.1. The number of hydrogen-bond acceptors (Lipinski definition) is 4. The number of hydrogen-bond donors (Lipinski definition) is 2. The van der Waals surface area contributed by atoms with Crippen LogP contribution in [0.1, 0.15) is 45.3 Å². The molecule has 2 fully saturated rings. The van der Waals surface area contributed by atoms with Crippen molar-refractivity contribution in [1.82, 2.24) is 14.8 Å². The van der Waals surface area contributed by atoms with Crippen molar-refractivity contribution < 1.29 is 23.5 Å². The molecule has 2 N–H and O–H groups in total. The van der Waals surface area contributed by atoms with Crippen molar-refractivity contribution in [1.29, 1.82) is 0 Å². The topological polar surface area (TPSA) is 91.6 Å². The van der Waals surface area contributed by atoms with E-state index in [-0.39, 0.29) is 29.4 Å².